The molecule has 4 nitrogen and oxygen atoms in total. The van der Waals surface area contributed by atoms with Gasteiger partial charge in [-0.1, -0.05) is 12.2 Å². The van der Waals surface area contributed by atoms with Crippen LogP contribution >= 0.6 is 0 Å². The van der Waals surface area contributed by atoms with Gasteiger partial charge in [-0.05, 0) is 38.0 Å². The maximum atomic E-state index is 10.3. The Kier molecular flexibility index (Phi) is 4.78. The van der Waals surface area contributed by atoms with E-state index in [9.17, 15) is 9.90 Å². The van der Waals surface area contributed by atoms with Crippen molar-refractivity contribution in [2.45, 2.75) is 50.7 Å². The van der Waals surface area contributed by atoms with Gasteiger partial charge in [-0.3, -0.25) is 4.79 Å². The number of ether oxygens (including phenoxy) is 1. The van der Waals surface area contributed by atoms with Crippen molar-refractivity contribution in [3.05, 3.63) is 12.2 Å². The number of unbranched alkanes of at least 4 members (excludes halogenated alkanes) is 1. The lowest BCUT2D eigenvalue weighted by molar-refractivity contribution is -0.137. The number of carboxylic acids is 1. The number of aliphatic carboxylic acids is 1. The summed E-state index contributed by atoms with van der Waals surface area (Å²) in [7, 11) is 0. The molecule has 2 N–H and O–H groups in total. The number of carboxylic acid groups (broad SMARTS) is 1. The van der Waals surface area contributed by atoms with Crippen molar-refractivity contribution in [1.29, 1.82) is 0 Å². The largest absolute Gasteiger partial charge is 0.481 e. The maximum absolute atomic E-state index is 10.3. The lowest BCUT2D eigenvalue weighted by Gasteiger charge is -2.25. The van der Waals surface area contributed by atoms with Gasteiger partial charge in [0.2, 0.25) is 0 Å². The second-order valence-corrected chi connectivity index (χ2v) is 5.29. The maximum Gasteiger partial charge on any atom is 0.303 e. The van der Waals surface area contributed by atoms with Crippen molar-refractivity contribution in [2.24, 2.45) is 11.8 Å². The standard InChI is InChI=1S/C14H22O4/c15-9-11-10(12-7-8-13(11)18-12)5-3-1-2-4-6-14(16)17/h1,3,10-13,15H,2,4-9H2,(H,16,17)/b3-1-/t10-,11+,12-,13+/m1/s1. The SMILES string of the molecule is O=C(O)CCC/C=C\C[C@@H]1[C@H](CO)[C@@H]2CC[C@H]1O2. The van der Waals surface area contributed by atoms with E-state index >= 15 is 0 Å². The van der Waals surface area contributed by atoms with Gasteiger partial charge in [-0.25, -0.2) is 0 Å². The van der Waals surface area contributed by atoms with Crippen LogP contribution in [-0.4, -0.2) is 35.0 Å². The molecular weight excluding hydrogens is 232 g/mol. The average Bonchev–Trinajstić information content (AvgIpc) is 2.93. The molecule has 0 amide bonds. The summed E-state index contributed by atoms with van der Waals surface area (Å²) in [6, 6.07) is 0. The van der Waals surface area contributed by atoms with E-state index in [4.69, 9.17) is 9.84 Å². The molecule has 0 unspecified atom stereocenters. The van der Waals surface area contributed by atoms with Gasteiger partial charge in [0.1, 0.15) is 0 Å². The molecule has 2 bridgehead atoms. The van der Waals surface area contributed by atoms with Crippen LogP contribution in [0.4, 0.5) is 0 Å². The predicted octanol–water partition coefficient (Wildman–Crippen LogP) is 1.97. The average molecular weight is 254 g/mol. The zero-order valence-corrected chi connectivity index (χ0v) is 10.6. The van der Waals surface area contributed by atoms with Gasteiger partial charge in [0.05, 0.1) is 12.2 Å². The molecule has 2 aliphatic rings. The van der Waals surface area contributed by atoms with Gasteiger partial charge < -0.3 is 14.9 Å². The van der Waals surface area contributed by atoms with E-state index in [1.54, 1.807) is 0 Å². The Labute approximate surface area is 108 Å². The number of hydrogen-bond acceptors (Lipinski definition) is 3. The smallest absolute Gasteiger partial charge is 0.303 e. The number of aliphatic hydroxyl groups excluding tert-OH is 1. The van der Waals surface area contributed by atoms with E-state index < -0.39 is 5.97 Å². The molecule has 0 aromatic carbocycles. The molecule has 18 heavy (non-hydrogen) atoms. The van der Waals surface area contributed by atoms with Crippen molar-refractivity contribution < 1.29 is 19.7 Å². The Morgan fingerprint density at radius 1 is 1.22 bits per heavy atom. The van der Waals surface area contributed by atoms with Crippen molar-refractivity contribution in [3.63, 3.8) is 0 Å². The zero-order chi connectivity index (χ0) is 13.0. The van der Waals surface area contributed by atoms with E-state index in [1.807, 2.05) is 0 Å². The molecule has 0 aliphatic carbocycles. The van der Waals surface area contributed by atoms with E-state index in [1.165, 1.54) is 0 Å². The van der Waals surface area contributed by atoms with E-state index in [2.05, 4.69) is 12.2 Å². The second kappa shape index (κ2) is 6.34. The van der Waals surface area contributed by atoms with Crippen molar-refractivity contribution in [3.8, 4) is 0 Å². The molecule has 2 fully saturated rings. The third-order valence-electron chi connectivity index (χ3n) is 4.14. The van der Waals surface area contributed by atoms with Gasteiger partial charge in [-0.15, -0.1) is 0 Å². The summed E-state index contributed by atoms with van der Waals surface area (Å²) >= 11 is 0. The fourth-order valence-electron chi connectivity index (χ4n) is 3.19. The number of rotatable bonds is 7. The number of aliphatic hydroxyl groups is 1. The van der Waals surface area contributed by atoms with Crippen molar-refractivity contribution in [1.82, 2.24) is 0 Å². The first-order valence-electron chi connectivity index (χ1n) is 6.85. The minimum Gasteiger partial charge on any atom is -0.481 e. The Bertz CT molecular complexity index is 313. The third kappa shape index (κ3) is 3.12. The Morgan fingerprint density at radius 2 is 1.94 bits per heavy atom. The summed E-state index contributed by atoms with van der Waals surface area (Å²) < 4.78 is 5.83. The fraction of sp³-hybridized carbons (Fsp3) is 0.786. The van der Waals surface area contributed by atoms with Gasteiger partial charge in [0.15, 0.2) is 0 Å². The predicted molar refractivity (Wildman–Crippen MR) is 67.2 cm³/mol. The summed E-state index contributed by atoms with van der Waals surface area (Å²) in [4.78, 5) is 10.3. The quantitative estimate of drug-likeness (QED) is 0.538. The van der Waals surface area contributed by atoms with Crippen LogP contribution in [0.15, 0.2) is 12.2 Å². The van der Waals surface area contributed by atoms with Crippen LogP contribution < -0.4 is 0 Å². The van der Waals surface area contributed by atoms with E-state index in [-0.39, 0.29) is 19.1 Å². The normalized spacial score (nSPS) is 34.5. The highest BCUT2D eigenvalue weighted by Gasteiger charge is 2.47. The Morgan fingerprint density at radius 3 is 2.61 bits per heavy atom. The van der Waals surface area contributed by atoms with Crippen molar-refractivity contribution >= 4 is 5.97 Å². The highest BCUT2D eigenvalue weighted by atomic mass is 16.5. The number of hydrogen-bond donors (Lipinski definition) is 2. The first-order valence-corrected chi connectivity index (χ1v) is 6.85. The fourth-order valence-corrected chi connectivity index (χ4v) is 3.19. The third-order valence-corrected chi connectivity index (χ3v) is 4.14. The number of allylic oxidation sites excluding steroid dienone is 2. The number of carbonyl (C=O) groups is 1. The molecule has 102 valence electrons. The lowest BCUT2D eigenvalue weighted by Crippen LogP contribution is -2.29. The first kappa shape index (κ1) is 13.6. The summed E-state index contributed by atoms with van der Waals surface area (Å²) in [5.74, 6) is 0.0159. The van der Waals surface area contributed by atoms with Crippen LogP contribution in [0.3, 0.4) is 0 Å². The van der Waals surface area contributed by atoms with Gasteiger partial charge >= 0.3 is 5.97 Å². The molecule has 2 aliphatic heterocycles. The molecule has 0 radical (unpaired) electrons. The molecule has 4 heteroatoms. The van der Waals surface area contributed by atoms with Gasteiger partial charge in [0.25, 0.3) is 0 Å². The summed E-state index contributed by atoms with van der Waals surface area (Å²) in [6.45, 7) is 0.221. The van der Waals surface area contributed by atoms with Crippen LogP contribution in [0.5, 0.6) is 0 Å². The first-order chi connectivity index (χ1) is 8.72. The topological polar surface area (TPSA) is 66.8 Å². The summed E-state index contributed by atoms with van der Waals surface area (Å²) in [5, 5.41) is 17.9. The molecule has 0 saturated carbocycles. The monoisotopic (exact) mass is 254 g/mol. The zero-order valence-electron chi connectivity index (χ0n) is 10.6. The molecule has 4 atom stereocenters. The van der Waals surface area contributed by atoms with Crippen LogP contribution in [0.25, 0.3) is 0 Å². The van der Waals surface area contributed by atoms with Gasteiger partial charge in [-0.2, -0.15) is 0 Å². The van der Waals surface area contributed by atoms with Crippen LogP contribution in [0.1, 0.15) is 38.5 Å². The minimum absolute atomic E-state index is 0.221. The molecular formula is C14H22O4. The Hall–Kier alpha value is -0.870. The second-order valence-electron chi connectivity index (χ2n) is 5.29. The molecule has 2 saturated heterocycles. The number of fused-ring (bicyclic) bond motifs is 2. The summed E-state index contributed by atoms with van der Waals surface area (Å²) in [6.07, 6.45) is 9.69. The highest BCUT2D eigenvalue weighted by Crippen LogP contribution is 2.44. The minimum atomic E-state index is -0.731. The van der Waals surface area contributed by atoms with Crippen molar-refractivity contribution in [2.75, 3.05) is 6.61 Å². The van der Waals surface area contributed by atoms with Crippen LogP contribution in [-0.2, 0) is 9.53 Å². The van der Waals surface area contributed by atoms with E-state index in [0.717, 1.165) is 25.7 Å². The van der Waals surface area contributed by atoms with Crippen LogP contribution in [0, 0.1) is 11.8 Å². The van der Waals surface area contributed by atoms with Crippen LogP contribution in [0.2, 0.25) is 0 Å². The molecule has 0 aromatic heterocycles. The highest BCUT2D eigenvalue weighted by molar-refractivity contribution is 5.66. The molecule has 2 heterocycles. The molecule has 2 rings (SSSR count). The Balaban J connectivity index is 1.69. The lowest BCUT2D eigenvalue weighted by atomic mass is 9.78. The van der Waals surface area contributed by atoms with Gasteiger partial charge in [0, 0.05) is 18.9 Å². The summed E-state index contributed by atoms with van der Waals surface area (Å²) in [5.41, 5.74) is 0. The molecule has 0 aromatic rings. The van der Waals surface area contributed by atoms with E-state index in [0.29, 0.717) is 24.4 Å². The molecule has 0 spiro atoms.